The standard InChI is InChI=1S/C11H13ClN6O/c1-7-4-8(10(12)14-5-7)15-11(19)9-6-18(3-2-13)17-16-9/h4-6H,2-3,13H2,1H3,(H,15,19). The van der Waals surface area contributed by atoms with Crippen LogP contribution in [0.15, 0.2) is 18.5 Å². The number of anilines is 1. The van der Waals surface area contributed by atoms with Gasteiger partial charge in [-0.05, 0) is 18.6 Å². The summed E-state index contributed by atoms with van der Waals surface area (Å²) in [6.45, 7) is 2.79. The Labute approximate surface area is 114 Å². The van der Waals surface area contributed by atoms with Crippen molar-refractivity contribution in [3.8, 4) is 0 Å². The maximum Gasteiger partial charge on any atom is 0.277 e. The summed E-state index contributed by atoms with van der Waals surface area (Å²) < 4.78 is 1.50. The molecule has 19 heavy (non-hydrogen) atoms. The van der Waals surface area contributed by atoms with Crippen molar-refractivity contribution in [3.05, 3.63) is 34.9 Å². The highest BCUT2D eigenvalue weighted by molar-refractivity contribution is 6.32. The molecule has 0 aliphatic rings. The fourth-order valence-electron chi connectivity index (χ4n) is 1.47. The maximum atomic E-state index is 12.0. The largest absolute Gasteiger partial charge is 0.329 e. The van der Waals surface area contributed by atoms with Gasteiger partial charge in [0.2, 0.25) is 0 Å². The van der Waals surface area contributed by atoms with Crippen LogP contribution in [0.5, 0.6) is 0 Å². The van der Waals surface area contributed by atoms with Crippen LogP contribution in [0.3, 0.4) is 0 Å². The molecule has 0 aliphatic heterocycles. The Morgan fingerprint density at radius 2 is 2.37 bits per heavy atom. The first kappa shape index (κ1) is 13.4. The number of hydrogen-bond donors (Lipinski definition) is 2. The molecule has 2 aromatic heterocycles. The summed E-state index contributed by atoms with van der Waals surface area (Å²) in [5.74, 6) is -0.391. The van der Waals surface area contributed by atoms with Gasteiger partial charge in [-0.25, -0.2) is 4.98 Å². The van der Waals surface area contributed by atoms with E-state index in [2.05, 4.69) is 20.6 Å². The number of halogens is 1. The van der Waals surface area contributed by atoms with Gasteiger partial charge in [0.25, 0.3) is 5.91 Å². The molecule has 0 spiro atoms. The second kappa shape index (κ2) is 5.77. The molecule has 8 heteroatoms. The average Bonchev–Trinajstić information content (AvgIpc) is 2.83. The smallest absolute Gasteiger partial charge is 0.277 e. The van der Waals surface area contributed by atoms with E-state index >= 15 is 0 Å². The molecule has 0 atom stereocenters. The number of nitrogens with one attached hydrogen (secondary N) is 1. The van der Waals surface area contributed by atoms with E-state index in [1.54, 1.807) is 12.3 Å². The van der Waals surface area contributed by atoms with Crippen LogP contribution in [0.25, 0.3) is 0 Å². The number of carbonyl (C=O) groups excluding carboxylic acids is 1. The molecule has 0 saturated carbocycles. The number of amides is 1. The van der Waals surface area contributed by atoms with Gasteiger partial charge < -0.3 is 11.1 Å². The number of carbonyl (C=O) groups is 1. The Balaban J connectivity index is 2.13. The van der Waals surface area contributed by atoms with Crippen molar-refractivity contribution in [3.63, 3.8) is 0 Å². The number of hydrogen-bond acceptors (Lipinski definition) is 5. The molecular weight excluding hydrogens is 268 g/mol. The maximum absolute atomic E-state index is 12.0. The number of nitrogens with two attached hydrogens (primary N) is 1. The Hall–Kier alpha value is -1.99. The predicted molar refractivity (Wildman–Crippen MR) is 71.0 cm³/mol. The van der Waals surface area contributed by atoms with Gasteiger partial charge >= 0.3 is 0 Å². The molecule has 100 valence electrons. The predicted octanol–water partition coefficient (Wildman–Crippen LogP) is 0.846. The van der Waals surface area contributed by atoms with Crippen molar-refractivity contribution in [2.24, 2.45) is 5.73 Å². The van der Waals surface area contributed by atoms with E-state index in [9.17, 15) is 4.79 Å². The van der Waals surface area contributed by atoms with Crippen LogP contribution >= 0.6 is 11.6 Å². The van der Waals surface area contributed by atoms with Crippen LogP contribution < -0.4 is 11.1 Å². The summed E-state index contributed by atoms with van der Waals surface area (Å²) in [5.41, 5.74) is 6.93. The third kappa shape index (κ3) is 3.27. The van der Waals surface area contributed by atoms with Gasteiger partial charge in [-0.3, -0.25) is 9.48 Å². The van der Waals surface area contributed by atoms with Crippen LogP contribution in [-0.4, -0.2) is 32.4 Å². The van der Waals surface area contributed by atoms with E-state index in [0.717, 1.165) is 5.56 Å². The topological polar surface area (TPSA) is 98.7 Å². The van der Waals surface area contributed by atoms with Gasteiger partial charge in [-0.15, -0.1) is 5.10 Å². The summed E-state index contributed by atoms with van der Waals surface area (Å²) in [6.07, 6.45) is 3.15. The van der Waals surface area contributed by atoms with Crippen LogP contribution in [0, 0.1) is 6.92 Å². The van der Waals surface area contributed by atoms with E-state index in [1.165, 1.54) is 10.9 Å². The number of aromatic nitrogens is 4. The zero-order chi connectivity index (χ0) is 13.8. The molecular formula is C11H13ClN6O. The van der Waals surface area contributed by atoms with Crippen LogP contribution in [0.1, 0.15) is 16.1 Å². The van der Waals surface area contributed by atoms with E-state index in [1.807, 2.05) is 6.92 Å². The summed E-state index contributed by atoms with van der Waals surface area (Å²) >= 11 is 5.90. The van der Waals surface area contributed by atoms with E-state index in [4.69, 9.17) is 17.3 Å². The van der Waals surface area contributed by atoms with Crippen LogP contribution in [-0.2, 0) is 6.54 Å². The fraction of sp³-hybridized carbons (Fsp3) is 0.273. The highest BCUT2D eigenvalue weighted by Crippen LogP contribution is 2.20. The minimum atomic E-state index is -0.391. The third-order valence-electron chi connectivity index (χ3n) is 2.35. The lowest BCUT2D eigenvalue weighted by Gasteiger charge is -2.05. The molecule has 2 rings (SSSR count). The lowest BCUT2D eigenvalue weighted by atomic mass is 10.3. The quantitative estimate of drug-likeness (QED) is 0.809. The summed E-state index contributed by atoms with van der Waals surface area (Å²) in [5, 5.41) is 10.4. The average molecular weight is 281 g/mol. The lowest BCUT2D eigenvalue weighted by Crippen LogP contribution is -2.13. The summed E-state index contributed by atoms with van der Waals surface area (Å²) in [6, 6.07) is 1.73. The Morgan fingerprint density at radius 1 is 1.58 bits per heavy atom. The van der Waals surface area contributed by atoms with E-state index in [-0.39, 0.29) is 10.8 Å². The van der Waals surface area contributed by atoms with Crippen molar-refractivity contribution in [2.75, 3.05) is 11.9 Å². The van der Waals surface area contributed by atoms with Gasteiger partial charge in [0.05, 0.1) is 18.4 Å². The van der Waals surface area contributed by atoms with Crippen molar-refractivity contribution in [2.45, 2.75) is 13.5 Å². The zero-order valence-corrected chi connectivity index (χ0v) is 11.1. The van der Waals surface area contributed by atoms with Gasteiger partial charge in [0.15, 0.2) is 10.8 Å². The first-order chi connectivity index (χ1) is 9.10. The normalized spacial score (nSPS) is 10.5. The fourth-order valence-corrected chi connectivity index (χ4v) is 1.62. The van der Waals surface area contributed by atoms with Gasteiger partial charge in [-0.1, -0.05) is 16.8 Å². The summed E-state index contributed by atoms with van der Waals surface area (Å²) in [4.78, 5) is 15.9. The van der Waals surface area contributed by atoms with Crippen LogP contribution in [0.4, 0.5) is 5.69 Å². The van der Waals surface area contributed by atoms with Crippen molar-refractivity contribution in [1.29, 1.82) is 0 Å². The van der Waals surface area contributed by atoms with Crippen molar-refractivity contribution < 1.29 is 4.79 Å². The molecule has 2 heterocycles. The molecule has 3 N–H and O–H groups in total. The molecule has 0 bridgehead atoms. The first-order valence-corrected chi connectivity index (χ1v) is 6.01. The summed E-state index contributed by atoms with van der Waals surface area (Å²) in [7, 11) is 0. The molecule has 7 nitrogen and oxygen atoms in total. The Bertz CT molecular complexity index is 597. The first-order valence-electron chi connectivity index (χ1n) is 5.64. The molecule has 0 saturated heterocycles. The number of rotatable bonds is 4. The Morgan fingerprint density at radius 3 is 3.11 bits per heavy atom. The monoisotopic (exact) mass is 280 g/mol. The molecule has 0 fully saturated rings. The number of nitrogens with zero attached hydrogens (tertiary/aromatic N) is 4. The number of pyridine rings is 1. The minimum absolute atomic E-state index is 0.200. The highest BCUT2D eigenvalue weighted by Gasteiger charge is 2.13. The Kier molecular flexibility index (Phi) is 4.08. The lowest BCUT2D eigenvalue weighted by molar-refractivity contribution is 0.102. The SMILES string of the molecule is Cc1cnc(Cl)c(NC(=O)c2cn(CCN)nn2)c1. The molecule has 0 aromatic carbocycles. The second-order valence-corrected chi connectivity index (χ2v) is 4.32. The third-order valence-corrected chi connectivity index (χ3v) is 2.65. The molecule has 0 radical (unpaired) electrons. The van der Waals surface area contributed by atoms with Crippen molar-refractivity contribution in [1.82, 2.24) is 20.0 Å². The van der Waals surface area contributed by atoms with Crippen molar-refractivity contribution >= 4 is 23.2 Å². The minimum Gasteiger partial charge on any atom is -0.329 e. The highest BCUT2D eigenvalue weighted by atomic mass is 35.5. The number of aryl methyl sites for hydroxylation is 1. The van der Waals surface area contributed by atoms with Gasteiger partial charge in [-0.2, -0.15) is 0 Å². The second-order valence-electron chi connectivity index (χ2n) is 3.96. The zero-order valence-electron chi connectivity index (χ0n) is 10.3. The molecule has 0 unspecified atom stereocenters. The van der Waals surface area contributed by atoms with E-state index in [0.29, 0.717) is 18.8 Å². The van der Waals surface area contributed by atoms with E-state index < -0.39 is 5.91 Å². The van der Waals surface area contributed by atoms with Gasteiger partial charge in [0, 0.05) is 12.7 Å². The van der Waals surface area contributed by atoms with Gasteiger partial charge in [0.1, 0.15) is 0 Å². The van der Waals surface area contributed by atoms with Crippen LogP contribution in [0.2, 0.25) is 5.15 Å². The molecule has 2 aromatic rings. The molecule has 0 aliphatic carbocycles. The molecule has 1 amide bonds.